The molecule has 0 N–H and O–H groups in total. The number of nitro benzene ring substituents is 1. The Bertz CT molecular complexity index is 469. The number of rotatable bonds is 2. The molecule has 1 rings (SSSR count). The molecule has 0 atom stereocenters. The van der Waals surface area contributed by atoms with Gasteiger partial charge in [0.1, 0.15) is 0 Å². The normalized spacial score (nSPS) is 10.7. The van der Waals surface area contributed by atoms with Gasteiger partial charge in [-0.15, -0.1) is 0 Å². The smallest absolute Gasteiger partial charge is 0.258 e. The van der Waals surface area contributed by atoms with E-state index in [4.69, 9.17) is 0 Å². The molecule has 0 aliphatic rings. The Morgan fingerprint density at radius 2 is 2.00 bits per heavy atom. The van der Waals surface area contributed by atoms with Gasteiger partial charge in [0.25, 0.3) is 5.69 Å². The third kappa shape index (κ3) is 2.52. The summed E-state index contributed by atoms with van der Waals surface area (Å²) in [4.78, 5) is 24.0. The van der Waals surface area contributed by atoms with Gasteiger partial charge in [0.2, 0.25) is 6.08 Å². The van der Waals surface area contributed by atoms with Crippen LogP contribution in [0, 0.1) is 10.1 Å². The first-order valence-corrected chi connectivity index (χ1v) is 4.73. The average Bonchev–Trinajstić information content (AvgIpc) is 2.16. The van der Waals surface area contributed by atoms with Gasteiger partial charge in [-0.1, -0.05) is 20.8 Å². The second kappa shape index (κ2) is 4.24. The van der Waals surface area contributed by atoms with Gasteiger partial charge in [0, 0.05) is 12.1 Å². The summed E-state index contributed by atoms with van der Waals surface area (Å²) in [7, 11) is 0. The van der Waals surface area contributed by atoms with Crippen molar-refractivity contribution < 1.29 is 9.72 Å². The lowest BCUT2D eigenvalue weighted by Gasteiger charge is -2.20. The minimum atomic E-state index is -0.469. The van der Waals surface area contributed by atoms with Crippen molar-refractivity contribution in [1.82, 2.24) is 0 Å². The number of aliphatic imine (C=N–C) groups is 1. The SMILES string of the molecule is CC(C)(C)c1cc([N+](=O)[O-])ccc1N=C=O. The number of nitro groups is 1. The molecule has 0 bridgehead atoms. The van der Waals surface area contributed by atoms with Crippen LogP contribution in [0.25, 0.3) is 0 Å². The first kappa shape index (κ1) is 12.1. The molecular weight excluding hydrogens is 208 g/mol. The summed E-state index contributed by atoms with van der Waals surface area (Å²) in [5.74, 6) is 0. The van der Waals surface area contributed by atoms with E-state index in [0.29, 0.717) is 11.3 Å². The summed E-state index contributed by atoms with van der Waals surface area (Å²) in [5, 5.41) is 10.6. The van der Waals surface area contributed by atoms with E-state index in [1.165, 1.54) is 24.3 Å². The molecule has 0 aliphatic heterocycles. The van der Waals surface area contributed by atoms with Gasteiger partial charge in [-0.25, -0.2) is 4.79 Å². The van der Waals surface area contributed by atoms with Crippen molar-refractivity contribution >= 4 is 17.5 Å². The highest BCUT2D eigenvalue weighted by atomic mass is 16.6. The highest BCUT2D eigenvalue weighted by Gasteiger charge is 2.21. The number of hydrogen-bond donors (Lipinski definition) is 0. The summed E-state index contributed by atoms with van der Waals surface area (Å²) >= 11 is 0. The van der Waals surface area contributed by atoms with Gasteiger partial charge >= 0.3 is 0 Å². The number of hydrogen-bond acceptors (Lipinski definition) is 4. The zero-order chi connectivity index (χ0) is 12.3. The van der Waals surface area contributed by atoms with Crippen LogP contribution in [-0.4, -0.2) is 11.0 Å². The molecule has 5 heteroatoms. The first-order chi connectivity index (χ1) is 7.36. The predicted octanol–water partition coefficient (Wildman–Crippen LogP) is 2.86. The second-order valence-corrected chi connectivity index (χ2v) is 4.41. The highest BCUT2D eigenvalue weighted by molar-refractivity contribution is 5.59. The summed E-state index contributed by atoms with van der Waals surface area (Å²) in [5.41, 5.74) is 0.759. The molecule has 0 saturated heterocycles. The van der Waals surface area contributed by atoms with E-state index in [1.54, 1.807) is 0 Å². The lowest BCUT2D eigenvalue weighted by Crippen LogP contribution is -2.11. The molecule has 0 spiro atoms. The fourth-order valence-corrected chi connectivity index (χ4v) is 1.38. The van der Waals surface area contributed by atoms with Gasteiger partial charge < -0.3 is 0 Å². The van der Waals surface area contributed by atoms with Crippen LogP contribution in [0.15, 0.2) is 23.2 Å². The van der Waals surface area contributed by atoms with Crippen LogP contribution in [0.4, 0.5) is 11.4 Å². The Hall–Kier alpha value is -2.00. The third-order valence-electron chi connectivity index (χ3n) is 2.17. The number of nitrogens with zero attached hydrogens (tertiary/aromatic N) is 2. The van der Waals surface area contributed by atoms with Crippen LogP contribution >= 0.6 is 0 Å². The zero-order valence-electron chi connectivity index (χ0n) is 9.35. The van der Waals surface area contributed by atoms with Gasteiger partial charge in [-0.05, 0) is 17.0 Å². The van der Waals surface area contributed by atoms with Crippen molar-refractivity contribution in [1.29, 1.82) is 0 Å². The lowest BCUT2D eigenvalue weighted by atomic mass is 9.85. The topological polar surface area (TPSA) is 72.6 Å². The summed E-state index contributed by atoms with van der Waals surface area (Å²) < 4.78 is 0. The van der Waals surface area contributed by atoms with E-state index in [-0.39, 0.29) is 11.1 Å². The van der Waals surface area contributed by atoms with Crippen molar-refractivity contribution in [3.63, 3.8) is 0 Å². The molecule has 0 aromatic heterocycles. The zero-order valence-corrected chi connectivity index (χ0v) is 9.35. The van der Waals surface area contributed by atoms with E-state index in [0.717, 1.165) is 0 Å². The van der Waals surface area contributed by atoms with Gasteiger partial charge in [-0.2, -0.15) is 4.99 Å². The molecule has 0 unspecified atom stereocenters. The standard InChI is InChI=1S/C11H12N2O3/c1-11(2,3)9-6-8(13(15)16)4-5-10(9)12-7-14/h4-6H,1-3H3. The molecule has 0 radical (unpaired) electrons. The van der Waals surface area contributed by atoms with Crippen LogP contribution < -0.4 is 0 Å². The predicted molar refractivity (Wildman–Crippen MR) is 59.6 cm³/mol. The van der Waals surface area contributed by atoms with Crippen molar-refractivity contribution in [2.75, 3.05) is 0 Å². The highest BCUT2D eigenvalue weighted by Crippen LogP contribution is 2.33. The number of carbonyl (C=O) groups excluding carboxylic acids is 1. The van der Waals surface area contributed by atoms with Crippen molar-refractivity contribution in [3.05, 3.63) is 33.9 Å². The molecule has 1 aromatic rings. The average molecular weight is 220 g/mol. The molecule has 0 amide bonds. The molecule has 1 aromatic carbocycles. The van der Waals surface area contributed by atoms with E-state index in [1.807, 2.05) is 20.8 Å². The van der Waals surface area contributed by atoms with Crippen molar-refractivity contribution in [2.45, 2.75) is 26.2 Å². The summed E-state index contributed by atoms with van der Waals surface area (Å²) in [6.45, 7) is 5.70. The van der Waals surface area contributed by atoms with E-state index in [9.17, 15) is 14.9 Å². The van der Waals surface area contributed by atoms with Gasteiger partial charge in [-0.3, -0.25) is 10.1 Å². The van der Waals surface area contributed by atoms with Crippen LogP contribution in [0.1, 0.15) is 26.3 Å². The number of non-ortho nitro benzene ring substituents is 1. The third-order valence-corrected chi connectivity index (χ3v) is 2.17. The molecule has 0 heterocycles. The maximum atomic E-state index is 10.6. The van der Waals surface area contributed by atoms with E-state index < -0.39 is 4.92 Å². The Labute approximate surface area is 93.0 Å². The fourth-order valence-electron chi connectivity index (χ4n) is 1.38. The van der Waals surface area contributed by atoms with Gasteiger partial charge in [0.05, 0.1) is 10.6 Å². The lowest BCUT2D eigenvalue weighted by molar-refractivity contribution is -0.384. The molecule has 0 aliphatic carbocycles. The van der Waals surface area contributed by atoms with Crippen LogP contribution in [0.5, 0.6) is 0 Å². The second-order valence-electron chi connectivity index (χ2n) is 4.41. The Balaban J connectivity index is 3.44. The van der Waals surface area contributed by atoms with E-state index in [2.05, 4.69) is 4.99 Å². The molecule has 16 heavy (non-hydrogen) atoms. The van der Waals surface area contributed by atoms with Crippen LogP contribution in [-0.2, 0) is 10.2 Å². The number of isocyanates is 1. The minimum absolute atomic E-state index is 0.00484. The molecular formula is C11H12N2O3. The quantitative estimate of drug-likeness (QED) is 0.333. The van der Waals surface area contributed by atoms with E-state index >= 15 is 0 Å². The summed E-state index contributed by atoms with van der Waals surface area (Å²) in [6, 6.07) is 4.23. The fraction of sp³-hybridized carbons (Fsp3) is 0.364. The minimum Gasteiger partial charge on any atom is -0.258 e. The Kier molecular flexibility index (Phi) is 3.20. The van der Waals surface area contributed by atoms with Crippen molar-refractivity contribution in [3.8, 4) is 0 Å². The molecule has 5 nitrogen and oxygen atoms in total. The Morgan fingerprint density at radius 1 is 1.38 bits per heavy atom. The van der Waals surface area contributed by atoms with Crippen LogP contribution in [0.2, 0.25) is 0 Å². The molecule has 0 saturated carbocycles. The molecule has 84 valence electrons. The van der Waals surface area contributed by atoms with Gasteiger partial charge in [0.15, 0.2) is 0 Å². The maximum absolute atomic E-state index is 10.6. The maximum Gasteiger partial charge on any atom is 0.269 e. The largest absolute Gasteiger partial charge is 0.269 e. The molecule has 0 fully saturated rings. The number of benzene rings is 1. The van der Waals surface area contributed by atoms with Crippen molar-refractivity contribution in [2.24, 2.45) is 4.99 Å². The van der Waals surface area contributed by atoms with Crippen LogP contribution in [0.3, 0.4) is 0 Å². The Morgan fingerprint density at radius 3 is 2.44 bits per heavy atom. The monoisotopic (exact) mass is 220 g/mol. The first-order valence-electron chi connectivity index (χ1n) is 4.73. The summed E-state index contributed by atoms with van der Waals surface area (Å²) in [6.07, 6.45) is 1.45.